The molecule has 3 aliphatic heterocycles. The molecule has 1 spiro atoms. The Kier molecular flexibility index (Phi) is 3.27. The van der Waals surface area contributed by atoms with E-state index in [1.54, 1.807) is 0 Å². The molecule has 1 aromatic carbocycles. The summed E-state index contributed by atoms with van der Waals surface area (Å²) in [5, 5.41) is 0. The fraction of sp³-hybridized carbons (Fsp3) is 0.444. The van der Waals surface area contributed by atoms with E-state index in [4.69, 9.17) is 9.47 Å². The van der Waals surface area contributed by atoms with Crippen molar-refractivity contribution in [3.8, 4) is 0 Å². The molecular weight excluding hydrogens is 294 g/mol. The van der Waals surface area contributed by atoms with Gasteiger partial charge in [-0.1, -0.05) is 42.5 Å². The van der Waals surface area contributed by atoms with Crippen molar-refractivity contribution >= 4 is 11.9 Å². The Labute approximate surface area is 134 Å². The number of carbonyl (C=O) groups excluding carboxylic acids is 2. The second-order valence-electron chi connectivity index (χ2n) is 6.42. The maximum atomic E-state index is 12.8. The van der Waals surface area contributed by atoms with Gasteiger partial charge in [-0.2, -0.15) is 0 Å². The van der Waals surface area contributed by atoms with E-state index in [0.29, 0.717) is 13.1 Å². The van der Waals surface area contributed by atoms with E-state index in [-0.39, 0.29) is 18.0 Å². The van der Waals surface area contributed by atoms with Crippen LogP contribution in [-0.4, -0.2) is 48.7 Å². The molecule has 0 N–H and O–H groups in total. The van der Waals surface area contributed by atoms with E-state index in [9.17, 15) is 9.59 Å². The summed E-state index contributed by atoms with van der Waals surface area (Å²) in [5.41, 5.74) is 0.553. The number of hydrogen-bond acceptors (Lipinski definition) is 4. The third-order valence-corrected chi connectivity index (χ3v) is 5.17. The summed E-state index contributed by atoms with van der Waals surface area (Å²) in [6, 6.07) is 10.1. The molecule has 2 bridgehead atoms. The van der Waals surface area contributed by atoms with Crippen molar-refractivity contribution in [2.45, 2.75) is 18.1 Å². The SMILES string of the molecule is COC(=O)[C@@H]1[C@H]2C=C[C@@]3(CN(CCc4ccccc4)C(=O)[C@@H]13)O2. The van der Waals surface area contributed by atoms with E-state index in [2.05, 4.69) is 12.1 Å². The van der Waals surface area contributed by atoms with E-state index in [1.807, 2.05) is 35.3 Å². The Morgan fingerprint density at radius 2 is 2.17 bits per heavy atom. The van der Waals surface area contributed by atoms with Crippen LogP contribution in [-0.2, 0) is 25.5 Å². The molecule has 5 heteroatoms. The van der Waals surface area contributed by atoms with Crippen molar-refractivity contribution in [1.82, 2.24) is 4.90 Å². The first kappa shape index (κ1) is 14.5. The molecule has 0 aliphatic carbocycles. The zero-order valence-corrected chi connectivity index (χ0v) is 13.0. The molecule has 2 fully saturated rings. The normalized spacial score (nSPS) is 34.0. The van der Waals surface area contributed by atoms with Crippen LogP contribution < -0.4 is 0 Å². The molecule has 4 atom stereocenters. The lowest BCUT2D eigenvalue weighted by molar-refractivity contribution is -0.151. The number of benzene rings is 1. The first-order valence-electron chi connectivity index (χ1n) is 7.92. The Bertz CT molecular complexity index is 671. The zero-order chi connectivity index (χ0) is 16.0. The molecule has 0 radical (unpaired) electrons. The van der Waals surface area contributed by atoms with Gasteiger partial charge in [-0.15, -0.1) is 0 Å². The van der Waals surface area contributed by atoms with Gasteiger partial charge in [0.15, 0.2) is 0 Å². The number of esters is 1. The number of nitrogens with zero attached hydrogens (tertiary/aromatic N) is 1. The molecule has 23 heavy (non-hydrogen) atoms. The van der Waals surface area contributed by atoms with Gasteiger partial charge in [-0.05, 0) is 12.0 Å². The molecule has 0 saturated carbocycles. The fourth-order valence-electron chi connectivity index (χ4n) is 4.08. The summed E-state index contributed by atoms with van der Waals surface area (Å²) in [7, 11) is 1.36. The molecule has 0 unspecified atom stereocenters. The van der Waals surface area contributed by atoms with Gasteiger partial charge in [0.2, 0.25) is 5.91 Å². The van der Waals surface area contributed by atoms with Crippen molar-refractivity contribution in [2.24, 2.45) is 11.8 Å². The van der Waals surface area contributed by atoms with Crippen LogP contribution in [0.5, 0.6) is 0 Å². The first-order valence-corrected chi connectivity index (χ1v) is 7.92. The minimum atomic E-state index is -0.642. The summed E-state index contributed by atoms with van der Waals surface area (Å²) >= 11 is 0. The zero-order valence-electron chi connectivity index (χ0n) is 13.0. The van der Waals surface area contributed by atoms with Crippen LogP contribution in [0.25, 0.3) is 0 Å². The highest BCUT2D eigenvalue weighted by Crippen LogP contribution is 2.52. The largest absolute Gasteiger partial charge is 0.469 e. The highest BCUT2D eigenvalue weighted by atomic mass is 16.5. The maximum absolute atomic E-state index is 12.8. The van der Waals surface area contributed by atoms with E-state index in [1.165, 1.54) is 12.7 Å². The van der Waals surface area contributed by atoms with Gasteiger partial charge in [0.05, 0.1) is 25.7 Å². The van der Waals surface area contributed by atoms with Gasteiger partial charge in [-0.3, -0.25) is 9.59 Å². The highest BCUT2D eigenvalue weighted by molar-refractivity contribution is 5.91. The van der Waals surface area contributed by atoms with Crippen molar-refractivity contribution in [3.63, 3.8) is 0 Å². The monoisotopic (exact) mass is 313 g/mol. The van der Waals surface area contributed by atoms with Gasteiger partial charge in [0.25, 0.3) is 0 Å². The van der Waals surface area contributed by atoms with Crippen LogP contribution in [0.1, 0.15) is 5.56 Å². The number of carbonyl (C=O) groups is 2. The van der Waals surface area contributed by atoms with Crippen LogP contribution >= 0.6 is 0 Å². The third kappa shape index (κ3) is 2.10. The standard InChI is InChI=1S/C18H19NO4/c1-22-17(21)14-13-7-9-18(23-13)11-19(16(20)15(14)18)10-8-12-5-3-2-4-6-12/h2-7,9,13-15H,8,10-11H2,1H3/t13-,14-,15-,18+/m1/s1. The quantitative estimate of drug-likeness (QED) is 0.619. The van der Waals surface area contributed by atoms with E-state index < -0.39 is 17.4 Å². The fourth-order valence-corrected chi connectivity index (χ4v) is 4.08. The molecule has 3 aliphatic rings. The average molecular weight is 313 g/mol. The Hall–Kier alpha value is -2.14. The van der Waals surface area contributed by atoms with Crippen LogP contribution in [0.15, 0.2) is 42.5 Å². The number of fused-ring (bicyclic) bond motifs is 1. The van der Waals surface area contributed by atoms with Crippen LogP contribution in [0.2, 0.25) is 0 Å². The van der Waals surface area contributed by atoms with Gasteiger partial charge in [0, 0.05) is 6.54 Å². The van der Waals surface area contributed by atoms with Gasteiger partial charge < -0.3 is 14.4 Å². The lowest BCUT2D eigenvalue weighted by Crippen LogP contribution is -2.39. The van der Waals surface area contributed by atoms with Crippen molar-refractivity contribution in [2.75, 3.05) is 20.2 Å². The molecule has 3 heterocycles. The lowest BCUT2D eigenvalue weighted by Gasteiger charge is -2.22. The van der Waals surface area contributed by atoms with Crippen molar-refractivity contribution in [1.29, 1.82) is 0 Å². The predicted octanol–water partition coefficient (Wildman–Crippen LogP) is 1.18. The smallest absolute Gasteiger partial charge is 0.312 e. The molecule has 2 saturated heterocycles. The van der Waals surface area contributed by atoms with Crippen molar-refractivity contribution in [3.05, 3.63) is 48.0 Å². The van der Waals surface area contributed by atoms with Crippen LogP contribution in [0, 0.1) is 11.8 Å². The average Bonchev–Trinajstić information content (AvgIpc) is 3.21. The summed E-state index contributed by atoms with van der Waals surface area (Å²) in [5.74, 6) is -1.31. The third-order valence-electron chi connectivity index (χ3n) is 5.17. The maximum Gasteiger partial charge on any atom is 0.312 e. The number of methoxy groups -OCH3 is 1. The molecule has 1 amide bonds. The Morgan fingerprint density at radius 3 is 2.91 bits per heavy atom. The minimum absolute atomic E-state index is 0.00295. The summed E-state index contributed by atoms with van der Waals surface area (Å²) in [6.45, 7) is 1.15. The lowest BCUT2D eigenvalue weighted by atomic mass is 9.77. The molecular formula is C18H19NO4. The number of rotatable bonds is 4. The topological polar surface area (TPSA) is 55.8 Å². The molecule has 120 valence electrons. The number of hydrogen-bond donors (Lipinski definition) is 0. The number of amides is 1. The highest BCUT2D eigenvalue weighted by Gasteiger charge is 2.67. The van der Waals surface area contributed by atoms with E-state index >= 15 is 0 Å². The molecule has 5 nitrogen and oxygen atoms in total. The van der Waals surface area contributed by atoms with Gasteiger partial charge >= 0.3 is 5.97 Å². The van der Waals surface area contributed by atoms with Crippen LogP contribution in [0.3, 0.4) is 0 Å². The molecule has 0 aromatic heterocycles. The first-order chi connectivity index (χ1) is 11.1. The second kappa shape index (κ2) is 5.20. The number of ether oxygens (including phenoxy) is 2. The van der Waals surface area contributed by atoms with Gasteiger partial charge in [-0.25, -0.2) is 0 Å². The molecule has 4 rings (SSSR count). The van der Waals surface area contributed by atoms with Crippen molar-refractivity contribution < 1.29 is 19.1 Å². The van der Waals surface area contributed by atoms with E-state index in [0.717, 1.165) is 6.42 Å². The Balaban J connectivity index is 1.52. The molecule has 1 aromatic rings. The summed E-state index contributed by atoms with van der Waals surface area (Å²) in [4.78, 5) is 26.7. The number of likely N-dealkylation sites (tertiary alicyclic amines) is 1. The second-order valence-corrected chi connectivity index (χ2v) is 6.42. The summed E-state index contributed by atoms with van der Waals surface area (Å²) < 4.78 is 10.9. The Morgan fingerprint density at radius 1 is 1.39 bits per heavy atom. The summed E-state index contributed by atoms with van der Waals surface area (Å²) in [6.07, 6.45) is 4.33. The minimum Gasteiger partial charge on any atom is -0.469 e. The predicted molar refractivity (Wildman–Crippen MR) is 82.5 cm³/mol. The van der Waals surface area contributed by atoms with Gasteiger partial charge in [0.1, 0.15) is 11.5 Å². The van der Waals surface area contributed by atoms with Crippen LogP contribution in [0.4, 0.5) is 0 Å².